The number of benzene rings is 1. The highest BCUT2D eigenvalue weighted by Crippen LogP contribution is 2.42. The first kappa shape index (κ1) is 13.4. The summed E-state index contributed by atoms with van der Waals surface area (Å²) in [6.07, 6.45) is 3.34. The Kier molecular flexibility index (Phi) is 3.64. The summed E-state index contributed by atoms with van der Waals surface area (Å²) in [7, 11) is 1.66. The fraction of sp³-hybridized carbons (Fsp3) is 0.600. The molecule has 0 saturated heterocycles. The number of ether oxygens (including phenoxy) is 1. The molecular weight excluding hydrogens is 226 g/mol. The zero-order valence-electron chi connectivity index (χ0n) is 11.5. The molecule has 18 heavy (non-hydrogen) atoms. The van der Waals surface area contributed by atoms with Gasteiger partial charge in [0.05, 0.1) is 12.7 Å². The molecule has 1 aromatic carbocycles. The molecule has 3 heteroatoms. The molecule has 3 nitrogen and oxygen atoms in total. The second-order valence-electron chi connectivity index (χ2n) is 5.48. The van der Waals surface area contributed by atoms with E-state index in [1.54, 1.807) is 7.11 Å². The molecule has 0 spiro atoms. The minimum Gasteiger partial charge on any atom is -0.496 e. The monoisotopic (exact) mass is 249 g/mol. The predicted octanol–water partition coefficient (Wildman–Crippen LogP) is 2.40. The SMILES string of the molecule is COc1c(C2(O)CCCC(N)C2)ccc(C)c1C. The maximum Gasteiger partial charge on any atom is 0.128 e. The van der Waals surface area contributed by atoms with E-state index in [0.717, 1.165) is 36.1 Å². The van der Waals surface area contributed by atoms with Gasteiger partial charge in [-0.2, -0.15) is 0 Å². The molecule has 2 unspecified atom stereocenters. The Morgan fingerprint density at radius 1 is 1.39 bits per heavy atom. The number of rotatable bonds is 2. The third kappa shape index (κ3) is 2.25. The summed E-state index contributed by atoms with van der Waals surface area (Å²) in [6.45, 7) is 4.09. The van der Waals surface area contributed by atoms with Crippen LogP contribution in [0.15, 0.2) is 12.1 Å². The van der Waals surface area contributed by atoms with Crippen LogP contribution in [0.5, 0.6) is 5.75 Å². The van der Waals surface area contributed by atoms with Crippen molar-refractivity contribution < 1.29 is 9.84 Å². The molecule has 1 aliphatic carbocycles. The standard InChI is InChI=1S/C15H23NO2/c1-10-6-7-13(14(18-3)11(10)2)15(17)8-4-5-12(16)9-15/h6-7,12,17H,4-5,8-9,16H2,1-3H3. The lowest BCUT2D eigenvalue weighted by Gasteiger charge is -2.37. The lowest BCUT2D eigenvalue weighted by Crippen LogP contribution is -2.39. The van der Waals surface area contributed by atoms with E-state index in [2.05, 4.69) is 6.92 Å². The van der Waals surface area contributed by atoms with Gasteiger partial charge in [0.1, 0.15) is 5.75 Å². The van der Waals surface area contributed by atoms with Gasteiger partial charge in [0.2, 0.25) is 0 Å². The van der Waals surface area contributed by atoms with Crippen LogP contribution in [0.2, 0.25) is 0 Å². The summed E-state index contributed by atoms with van der Waals surface area (Å²) >= 11 is 0. The summed E-state index contributed by atoms with van der Waals surface area (Å²) in [5.74, 6) is 0.812. The summed E-state index contributed by atoms with van der Waals surface area (Å²) in [6, 6.07) is 4.11. The minimum absolute atomic E-state index is 0.0788. The Bertz CT molecular complexity index is 444. The highest BCUT2D eigenvalue weighted by molar-refractivity contribution is 5.48. The van der Waals surface area contributed by atoms with Crippen LogP contribution in [0.4, 0.5) is 0 Å². The summed E-state index contributed by atoms with van der Waals surface area (Å²) in [5, 5.41) is 10.9. The number of hydrogen-bond donors (Lipinski definition) is 2. The van der Waals surface area contributed by atoms with Crippen LogP contribution in [0, 0.1) is 13.8 Å². The van der Waals surface area contributed by atoms with Crippen molar-refractivity contribution in [1.29, 1.82) is 0 Å². The Hall–Kier alpha value is -1.06. The van der Waals surface area contributed by atoms with Gasteiger partial charge in [0.15, 0.2) is 0 Å². The molecule has 0 heterocycles. The fourth-order valence-electron chi connectivity index (χ4n) is 2.96. The van der Waals surface area contributed by atoms with Crippen molar-refractivity contribution in [3.05, 3.63) is 28.8 Å². The molecule has 0 aromatic heterocycles. The third-order valence-electron chi connectivity index (χ3n) is 4.15. The molecule has 1 fully saturated rings. The molecule has 3 N–H and O–H groups in total. The molecule has 0 aliphatic heterocycles. The van der Waals surface area contributed by atoms with E-state index >= 15 is 0 Å². The van der Waals surface area contributed by atoms with Crippen LogP contribution in [0.1, 0.15) is 42.4 Å². The molecule has 1 saturated carbocycles. The zero-order chi connectivity index (χ0) is 13.3. The number of nitrogens with two attached hydrogens (primary N) is 1. The predicted molar refractivity (Wildman–Crippen MR) is 72.8 cm³/mol. The van der Waals surface area contributed by atoms with Crippen molar-refractivity contribution in [2.75, 3.05) is 7.11 Å². The lowest BCUT2D eigenvalue weighted by molar-refractivity contribution is -0.00909. The molecule has 2 atom stereocenters. The number of aryl methyl sites for hydroxylation is 1. The Labute approximate surface area is 109 Å². The number of aliphatic hydroxyl groups is 1. The van der Waals surface area contributed by atoms with E-state index in [1.165, 1.54) is 5.56 Å². The molecular formula is C15H23NO2. The van der Waals surface area contributed by atoms with Gasteiger partial charge in [0.25, 0.3) is 0 Å². The van der Waals surface area contributed by atoms with Crippen molar-refractivity contribution >= 4 is 0 Å². The molecule has 100 valence electrons. The van der Waals surface area contributed by atoms with E-state index in [1.807, 2.05) is 19.1 Å². The van der Waals surface area contributed by atoms with Crippen LogP contribution in [-0.2, 0) is 5.60 Å². The Morgan fingerprint density at radius 3 is 2.72 bits per heavy atom. The van der Waals surface area contributed by atoms with Crippen LogP contribution in [0.3, 0.4) is 0 Å². The molecule has 1 aromatic rings. The minimum atomic E-state index is -0.832. The van der Waals surface area contributed by atoms with Gasteiger partial charge in [-0.25, -0.2) is 0 Å². The van der Waals surface area contributed by atoms with Crippen molar-refractivity contribution in [3.63, 3.8) is 0 Å². The molecule has 2 rings (SSSR count). The van der Waals surface area contributed by atoms with Crippen LogP contribution in [0.25, 0.3) is 0 Å². The smallest absolute Gasteiger partial charge is 0.128 e. The summed E-state index contributed by atoms with van der Waals surface area (Å²) in [5.41, 5.74) is 8.35. The summed E-state index contributed by atoms with van der Waals surface area (Å²) < 4.78 is 5.51. The Morgan fingerprint density at radius 2 is 2.11 bits per heavy atom. The van der Waals surface area contributed by atoms with E-state index in [-0.39, 0.29) is 6.04 Å². The summed E-state index contributed by atoms with van der Waals surface area (Å²) in [4.78, 5) is 0. The van der Waals surface area contributed by atoms with Crippen LogP contribution >= 0.6 is 0 Å². The topological polar surface area (TPSA) is 55.5 Å². The number of hydrogen-bond acceptors (Lipinski definition) is 3. The number of methoxy groups -OCH3 is 1. The molecule has 0 bridgehead atoms. The average molecular weight is 249 g/mol. The van der Waals surface area contributed by atoms with Crippen LogP contribution in [-0.4, -0.2) is 18.3 Å². The van der Waals surface area contributed by atoms with Gasteiger partial charge in [-0.1, -0.05) is 12.1 Å². The largest absolute Gasteiger partial charge is 0.496 e. The third-order valence-corrected chi connectivity index (χ3v) is 4.15. The van der Waals surface area contributed by atoms with Crippen molar-refractivity contribution in [2.45, 2.75) is 51.2 Å². The van der Waals surface area contributed by atoms with Gasteiger partial charge in [-0.15, -0.1) is 0 Å². The second-order valence-corrected chi connectivity index (χ2v) is 5.48. The van der Waals surface area contributed by atoms with E-state index < -0.39 is 5.60 Å². The first-order chi connectivity index (χ1) is 8.48. The first-order valence-electron chi connectivity index (χ1n) is 6.60. The van der Waals surface area contributed by atoms with Gasteiger partial charge in [-0.3, -0.25) is 0 Å². The van der Waals surface area contributed by atoms with E-state index in [0.29, 0.717) is 6.42 Å². The first-order valence-corrected chi connectivity index (χ1v) is 6.60. The second kappa shape index (κ2) is 4.90. The molecule has 0 amide bonds. The maximum absolute atomic E-state index is 10.9. The quantitative estimate of drug-likeness (QED) is 0.846. The van der Waals surface area contributed by atoms with Crippen molar-refractivity contribution in [2.24, 2.45) is 5.73 Å². The van der Waals surface area contributed by atoms with Gasteiger partial charge in [0, 0.05) is 11.6 Å². The normalized spacial score (nSPS) is 28.2. The fourth-order valence-corrected chi connectivity index (χ4v) is 2.96. The average Bonchev–Trinajstić information content (AvgIpc) is 2.32. The maximum atomic E-state index is 10.9. The van der Waals surface area contributed by atoms with E-state index in [4.69, 9.17) is 10.5 Å². The van der Waals surface area contributed by atoms with E-state index in [9.17, 15) is 5.11 Å². The Balaban J connectivity index is 2.46. The van der Waals surface area contributed by atoms with Crippen LogP contribution < -0.4 is 10.5 Å². The van der Waals surface area contributed by atoms with Gasteiger partial charge < -0.3 is 15.6 Å². The van der Waals surface area contributed by atoms with Crippen molar-refractivity contribution in [3.8, 4) is 5.75 Å². The molecule has 1 aliphatic rings. The highest BCUT2D eigenvalue weighted by atomic mass is 16.5. The highest BCUT2D eigenvalue weighted by Gasteiger charge is 2.37. The lowest BCUT2D eigenvalue weighted by atomic mass is 9.76. The zero-order valence-corrected chi connectivity index (χ0v) is 11.5. The van der Waals surface area contributed by atoms with Gasteiger partial charge >= 0.3 is 0 Å². The van der Waals surface area contributed by atoms with Gasteiger partial charge in [-0.05, 0) is 50.7 Å². The molecule has 0 radical (unpaired) electrons. The van der Waals surface area contributed by atoms with Crippen molar-refractivity contribution in [1.82, 2.24) is 0 Å².